The van der Waals surface area contributed by atoms with E-state index in [4.69, 9.17) is 0 Å². The highest BCUT2D eigenvalue weighted by atomic mass is 32.2. The molecule has 2 aromatic rings. The molecule has 5 rings (SSSR count). The first-order valence-electron chi connectivity index (χ1n) is 13.5. The van der Waals surface area contributed by atoms with E-state index in [1.54, 1.807) is 17.0 Å². The second-order valence-electron chi connectivity index (χ2n) is 11.3. The number of hydrogen-bond acceptors (Lipinski definition) is 6. The maximum absolute atomic E-state index is 13.9. The molecule has 1 spiro atoms. The third-order valence-corrected chi connectivity index (χ3v) is 9.62. The Kier molecular flexibility index (Phi) is 7.37. The maximum Gasteiger partial charge on any atom is 0.328 e. The molecule has 0 unspecified atom stereocenters. The quantitative estimate of drug-likeness (QED) is 0.545. The van der Waals surface area contributed by atoms with Gasteiger partial charge in [-0.25, -0.2) is 13.2 Å². The van der Waals surface area contributed by atoms with Crippen molar-refractivity contribution in [2.24, 2.45) is 5.92 Å². The van der Waals surface area contributed by atoms with Crippen molar-refractivity contribution in [3.8, 4) is 0 Å². The lowest BCUT2D eigenvalue weighted by molar-refractivity contribution is -0.136. The number of urea groups is 1. The Hall–Kier alpha value is -2.75. The molecule has 204 valence electrons. The van der Waals surface area contributed by atoms with Crippen molar-refractivity contribution in [3.05, 3.63) is 65.7 Å². The average Bonchev–Trinajstić information content (AvgIpc) is 3.43. The number of amides is 3. The van der Waals surface area contributed by atoms with Gasteiger partial charge in [0.2, 0.25) is 0 Å². The molecule has 3 saturated heterocycles. The smallest absolute Gasteiger partial charge is 0.316 e. The highest BCUT2D eigenvalue weighted by Crippen LogP contribution is 2.40. The van der Waals surface area contributed by atoms with Crippen molar-refractivity contribution in [1.82, 2.24) is 20.0 Å². The molecular formula is C29H38N4O4S. The summed E-state index contributed by atoms with van der Waals surface area (Å²) in [5.74, 6) is 0.867. The third-order valence-electron chi connectivity index (χ3n) is 8.49. The van der Waals surface area contributed by atoms with Crippen molar-refractivity contribution in [2.45, 2.75) is 55.6 Å². The number of nitrogens with one attached hydrogen (secondary N) is 1. The third kappa shape index (κ3) is 4.99. The van der Waals surface area contributed by atoms with E-state index in [2.05, 4.69) is 40.5 Å². The second kappa shape index (κ2) is 10.4. The summed E-state index contributed by atoms with van der Waals surface area (Å²) in [7, 11) is -3.31. The van der Waals surface area contributed by atoms with E-state index in [-0.39, 0.29) is 29.4 Å². The summed E-state index contributed by atoms with van der Waals surface area (Å²) in [6.07, 6.45) is 2.40. The van der Waals surface area contributed by atoms with Crippen LogP contribution < -0.4 is 5.32 Å². The molecule has 0 aromatic heterocycles. The van der Waals surface area contributed by atoms with Gasteiger partial charge in [-0.15, -0.1) is 0 Å². The van der Waals surface area contributed by atoms with Crippen molar-refractivity contribution in [1.29, 1.82) is 0 Å². The number of nitrogens with zero attached hydrogens (tertiary/aromatic N) is 3. The minimum atomic E-state index is -3.31. The molecule has 38 heavy (non-hydrogen) atoms. The fraction of sp³-hybridized carbons (Fsp3) is 0.517. The molecule has 3 aliphatic rings. The maximum atomic E-state index is 13.9. The van der Waals surface area contributed by atoms with Crippen molar-refractivity contribution in [3.63, 3.8) is 0 Å². The predicted molar refractivity (Wildman–Crippen MR) is 146 cm³/mol. The molecule has 0 radical (unpaired) electrons. The van der Waals surface area contributed by atoms with Crippen LogP contribution in [0.25, 0.3) is 0 Å². The Labute approximate surface area is 225 Å². The molecule has 0 saturated carbocycles. The molecule has 3 heterocycles. The van der Waals surface area contributed by atoms with Crippen molar-refractivity contribution in [2.75, 3.05) is 39.0 Å². The van der Waals surface area contributed by atoms with E-state index in [0.717, 1.165) is 44.5 Å². The number of piperidine rings is 1. The molecule has 3 fully saturated rings. The first kappa shape index (κ1) is 26.8. The van der Waals surface area contributed by atoms with Gasteiger partial charge in [0.25, 0.3) is 5.91 Å². The predicted octanol–water partition coefficient (Wildman–Crippen LogP) is 3.10. The minimum Gasteiger partial charge on any atom is -0.316 e. The lowest BCUT2D eigenvalue weighted by atomic mass is 9.83. The highest BCUT2D eigenvalue weighted by Gasteiger charge is 2.58. The molecule has 9 heteroatoms. The Morgan fingerprint density at radius 3 is 2.24 bits per heavy atom. The molecule has 2 aromatic carbocycles. The number of sulfone groups is 1. The van der Waals surface area contributed by atoms with Crippen LogP contribution in [0.4, 0.5) is 4.79 Å². The van der Waals surface area contributed by atoms with E-state index in [9.17, 15) is 18.0 Å². The van der Waals surface area contributed by atoms with Crippen LogP contribution in [0.3, 0.4) is 0 Å². The molecule has 1 N–H and O–H groups in total. The zero-order chi connectivity index (χ0) is 27.1. The number of hydrogen-bond donors (Lipinski definition) is 1. The van der Waals surface area contributed by atoms with Crippen LogP contribution in [0, 0.1) is 5.92 Å². The zero-order valence-electron chi connectivity index (χ0n) is 22.5. The van der Waals surface area contributed by atoms with E-state index >= 15 is 0 Å². The lowest BCUT2D eigenvalue weighted by Gasteiger charge is -2.44. The summed E-state index contributed by atoms with van der Waals surface area (Å²) >= 11 is 0. The van der Waals surface area contributed by atoms with E-state index in [0.29, 0.717) is 24.7 Å². The van der Waals surface area contributed by atoms with Gasteiger partial charge in [0.15, 0.2) is 9.84 Å². The summed E-state index contributed by atoms with van der Waals surface area (Å²) in [6.45, 7) is 8.58. The van der Waals surface area contributed by atoms with Crippen LogP contribution in [0.2, 0.25) is 0 Å². The van der Waals surface area contributed by atoms with E-state index in [1.165, 1.54) is 22.6 Å². The van der Waals surface area contributed by atoms with E-state index in [1.807, 2.05) is 13.8 Å². The van der Waals surface area contributed by atoms with Gasteiger partial charge in [0.1, 0.15) is 5.54 Å². The Bertz CT molecular complexity index is 1270. The van der Waals surface area contributed by atoms with Gasteiger partial charge < -0.3 is 15.1 Å². The standard InChI is InChI=1S/C29H38N4O4S/c1-21(2)33-28(35)32(19-22-9-11-25(12-10-22)38(3,36)37)27(34)29(33)13-15-31(16-14-29)20-24-17-30-18-26(24)23-7-5-4-6-8-23/h4-12,21,24,26,30H,13-20H2,1-3H3/t24-,26-/m1/s1. The minimum absolute atomic E-state index is 0.0999. The van der Waals surface area contributed by atoms with Crippen LogP contribution in [0.5, 0.6) is 0 Å². The molecular weight excluding hydrogens is 500 g/mol. The van der Waals surface area contributed by atoms with Gasteiger partial charge in [-0.2, -0.15) is 0 Å². The van der Waals surface area contributed by atoms with Crippen LogP contribution in [-0.4, -0.2) is 85.6 Å². The summed E-state index contributed by atoms with van der Waals surface area (Å²) in [4.78, 5) is 33.2. The first-order chi connectivity index (χ1) is 18.1. The molecule has 0 bridgehead atoms. The van der Waals surface area contributed by atoms with Crippen molar-refractivity contribution >= 4 is 21.8 Å². The zero-order valence-corrected chi connectivity index (χ0v) is 23.3. The van der Waals surface area contributed by atoms with E-state index < -0.39 is 15.4 Å². The van der Waals surface area contributed by atoms with Gasteiger partial charge in [-0.3, -0.25) is 9.69 Å². The molecule has 2 atom stereocenters. The number of imide groups is 1. The number of carbonyl (C=O) groups is 2. The fourth-order valence-corrected chi connectivity index (χ4v) is 7.17. The summed E-state index contributed by atoms with van der Waals surface area (Å²) in [6, 6.07) is 16.8. The largest absolute Gasteiger partial charge is 0.328 e. The van der Waals surface area contributed by atoms with Crippen LogP contribution in [0.1, 0.15) is 43.7 Å². The second-order valence-corrected chi connectivity index (χ2v) is 13.3. The molecule has 8 nitrogen and oxygen atoms in total. The van der Waals surface area contributed by atoms with Gasteiger partial charge in [0.05, 0.1) is 11.4 Å². The Morgan fingerprint density at radius 2 is 1.63 bits per heavy atom. The van der Waals surface area contributed by atoms with Gasteiger partial charge in [-0.05, 0) is 62.4 Å². The SMILES string of the molecule is CC(C)N1C(=O)N(Cc2ccc(S(C)(=O)=O)cc2)C(=O)C12CCN(C[C@H]1CNC[C@@H]1c1ccccc1)CC2. The average molecular weight is 539 g/mol. The van der Waals surface area contributed by atoms with Crippen LogP contribution in [0.15, 0.2) is 59.5 Å². The van der Waals surface area contributed by atoms with Crippen LogP contribution >= 0.6 is 0 Å². The molecule has 0 aliphatic carbocycles. The number of rotatable bonds is 7. The molecule has 3 aliphatic heterocycles. The first-order valence-corrected chi connectivity index (χ1v) is 15.4. The Morgan fingerprint density at radius 1 is 0.974 bits per heavy atom. The number of benzene rings is 2. The van der Waals surface area contributed by atoms with Crippen molar-refractivity contribution < 1.29 is 18.0 Å². The van der Waals surface area contributed by atoms with Crippen LogP contribution in [-0.2, 0) is 21.2 Å². The van der Waals surface area contributed by atoms with Gasteiger partial charge >= 0.3 is 6.03 Å². The number of carbonyl (C=O) groups excluding carboxylic acids is 2. The fourth-order valence-electron chi connectivity index (χ4n) is 6.54. The highest BCUT2D eigenvalue weighted by molar-refractivity contribution is 7.90. The van der Waals surface area contributed by atoms with Gasteiger partial charge in [0, 0.05) is 44.4 Å². The summed E-state index contributed by atoms with van der Waals surface area (Å²) in [5.41, 5.74) is 1.29. The number of likely N-dealkylation sites (tertiary alicyclic amines) is 1. The lowest BCUT2D eigenvalue weighted by Crippen LogP contribution is -2.58. The monoisotopic (exact) mass is 538 g/mol. The topological polar surface area (TPSA) is 90.0 Å². The van der Waals surface area contributed by atoms with Gasteiger partial charge in [-0.1, -0.05) is 42.5 Å². The normalized spacial score (nSPS) is 24.2. The Balaban J connectivity index is 1.28. The summed E-state index contributed by atoms with van der Waals surface area (Å²) in [5, 5.41) is 3.56. The summed E-state index contributed by atoms with van der Waals surface area (Å²) < 4.78 is 23.6. The molecule has 3 amide bonds.